The highest BCUT2D eigenvalue weighted by molar-refractivity contribution is 5.85. The zero-order chi connectivity index (χ0) is 12.5. The number of carboxylic acid groups (broad SMARTS) is 1. The van der Waals surface area contributed by atoms with Crippen LogP contribution in [0.5, 0.6) is 0 Å². The maximum absolute atomic E-state index is 10.7. The van der Waals surface area contributed by atoms with E-state index in [1.54, 1.807) is 6.07 Å². The van der Waals surface area contributed by atoms with Gasteiger partial charge in [0, 0.05) is 13.1 Å². The zero-order valence-electron chi connectivity index (χ0n) is 9.58. The van der Waals surface area contributed by atoms with Crippen LogP contribution in [-0.2, 0) is 13.1 Å². The molecule has 0 amide bonds. The van der Waals surface area contributed by atoms with Gasteiger partial charge in [-0.3, -0.25) is 0 Å². The molecule has 5 nitrogen and oxygen atoms in total. The second-order valence-electron chi connectivity index (χ2n) is 4.21. The molecule has 0 radical (unpaired) electrons. The molecule has 1 aliphatic heterocycles. The average Bonchev–Trinajstić information content (AvgIpc) is 2.82. The van der Waals surface area contributed by atoms with Gasteiger partial charge in [-0.05, 0) is 23.3 Å². The highest BCUT2D eigenvalue weighted by Gasteiger charge is 2.20. The first kappa shape index (κ1) is 10.7. The van der Waals surface area contributed by atoms with E-state index in [0.29, 0.717) is 5.82 Å². The SMILES string of the molecule is O=C(O)c1ccc(N2Cc3ccccc3C2)nn1. The molecular formula is C13H11N3O2. The molecule has 0 aliphatic carbocycles. The number of fused-ring (bicyclic) bond motifs is 1. The summed E-state index contributed by atoms with van der Waals surface area (Å²) in [5.74, 6) is -0.352. The second kappa shape index (κ2) is 4.10. The second-order valence-corrected chi connectivity index (χ2v) is 4.21. The molecule has 3 rings (SSSR count). The van der Waals surface area contributed by atoms with Crippen molar-refractivity contribution < 1.29 is 9.90 Å². The Morgan fingerprint density at radius 1 is 1.06 bits per heavy atom. The number of hydrogen-bond donors (Lipinski definition) is 1. The molecule has 0 bridgehead atoms. The minimum atomic E-state index is -1.06. The van der Waals surface area contributed by atoms with Gasteiger partial charge in [-0.15, -0.1) is 10.2 Å². The Kier molecular flexibility index (Phi) is 2.44. The first-order chi connectivity index (χ1) is 8.74. The quantitative estimate of drug-likeness (QED) is 0.866. The normalized spacial score (nSPS) is 13.4. The van der Waals surface area contributed by atoms with Gasteiger partial charge >= 0.3 is 5.97 Å². The molecule has 18 heavy (non-hydrogen) atoms. The summed E-state index contributed by atoms with van der Waals surface area (Å²) in [5.41, 5.74) is 2.53. The van der Waals surface area contributed by atoms with Crippen molar-refractivity contribution in [1.82, 2.24) is 10.2 Å². The van der Waals surface area contributed by atoms with Gasteiger partial charge in [0.25, 0.3) is 0 Å². The monoisotopic (exact) mass is 241 g/mol. The van der Waals surface area contributed by atoms with E-state index in [2.05, 4.69) is 27.2 Å². The van der Waals surface area contributed by atoms with Gasteiger partial charge in [-0.1, -0.05) is 24.3 Å². The number of carboxylic acids is 1. The number of hydrogen-bond acceptors (Lipinski definition) is 4. The van der Waals surface area contributed by atoms with E-state index in [0.717, 1.165) is 13.1 Å². The molecule has 1 aliphatic rings. The minimum absolute atomic E-state index is 0.0320. The third-order valence-electron chi connectivity index (χ3n) is 3.03. The van der Waals surface area contributed by atoms with E-state index < -0.39 is 5.97 Å². The standard InChI is InChI=1S/C13H11N3O2/c17-13(18)11-5-6-12(15-14-11)16-7-9-3-1-2-4-10(9)8-16/h1-6H,7-8H2,(H,17,18). The van der Waals surface area contributed by atoms with Crippen molar-refractivity contribution in [2.75, 3.05) is 4.90 Å². The van der Waals surface area contributed by atoms with Crippen LogP contribution in [0.2, 0.25) is 0 Å². The smallest absolute Gasteiger partial charge is 0.356 e. The summed E-state index contributed by atoms with van der Waals surface area (Å²) in [6, 6.07) is 11.4. The largest absolute Gasteiger partial charge is 0.476 e. The number of rotatable bonds is 2. The molecule has 0 saturated heterocycles. The van der Waals surface area contributed by atoms with E-state index in [4.69, 9.17) is 5.11 Å². The molecule has 2 aromatic rings. The predicted octanol–water partition coefficient (Wildman–Crippen LogP) is 1.70. The van der Waals surface area contributed by atoms with Crippen molar-refractivity contribution in [3.05, 3.63) is 53.2 Å². The van der Waals surface area contributed by atoms with Gasteiger partial charge in [0.05, 0.1) is 0 Å². The van der Waals surface area contributed by atoms with Crippen LogP contribution < -0.4 is 4.90 Å². The van der Waals surface area contributed by atoms with Crippen molar-refractivity contribution in [3.8, 4) is 0 Å². The molecule has 2 heterocycles. The van der Waals surface area contributed by atoms with Crippen molar-refractivity contribution in [2.24, 2.45) is 0 Å². The first-order valence-electron chi connectivity index (χ1n) is 5.63. The highest BCUT2D eigenvalue weighted by Crippen LogP contribution is 2.26. The topological polar surface area (TPSA) is 66.3 Å². The predicted molar refractivity (Wildman–Crippen MR) is 65.3 cm³/mol. The van der Waals surface area contributed by atoms with E-state index in [1.165, 1.54) is 17.2 Å². The Balaban J connectivity index is 1.84. The van der Waals surface area contributed by atoms with Crippen molar-refractivity contribution in [2.45, 2.75) is 13.1 Å². The zero-order valence-corrected chi connectivity index (χ0v) is 9.58. The van der Waals surface area contributed by atoms with Gasteiger partial charge in [0.15, 0.2) is 11.5 Å². The number of aromatic nitrogens is 2. The maximum atomic E-state index is 10.7. The van der Waals surface area contributed by atoms with Crippen LogP contribution >= 0.6 is 0 Å². The fourth-order valence-electron chi connectivity index (χ4n) is 2.10. The Hall–Kier alpha value is -2.43. The van der Waals surface area contributed by atoms with Crippen LogP contribution in [0, 0.1) is 0 Å². The molecular weight excluding hydrogens is 230 g/mol. The highest BCUT2D eigenvalue weighted by atomic mass is 16.4. The molecule has 1 N–H and O–H groups in total. The molecule has 5 heteroatoms. The minimum Gasteiger partial charge on any atom is -0.476 e. The fraction of sp³-hybridized carbons (Fsp3) is 0.154. The average molecular weight is 241 g/mol. The van der Waals surface area contributed by atoms with Crippen LogP contribution in [0.4, 0.5) is 5.82 Å². The number of nitrogens with zero attached hydrogens (tertiary/aromatic N) is 3. The van der Waals surface area contributed by atoms with Crippen LogP contribution in [-0.4, -0.2) is 21.3 Å². The number of benzene rings is 1. The number of aromatic carboxylic acids is 1. The summed E-state index contributed by atoms with van der Waals surface area (Å²) >= 11 is 0. The molecule has 90 valence electrons. The van der Waals surface area contributed by atoms with E-state index >= 15 is 0 Å². The molecule has 0 fully saturated rings. The van der Waals surface area contributed by atoms with E-state index in [1.807, 2.05) is 12.1 Å². The van der Waals surface area contributed by atoms with Crippen molar-refractivity contribution >= 4 is 11.8 Å². The summed E-state index contributed by atoms with van der Waals surface area (Å²) in [5, 5.41) is 16.4. The van der Waals surface area contributed by atoms with Crippen LogP contribution in [0.15, 0.2) is 36.4 Å². The Morgan fingerprint density at radius 2 is 1.72 bits per heavy atom. The summed E-state index contributed by atoms with van der Waals surface area (Å²) in [6.07, 6.45) is 0. The Bertz CT molecular complexity index is 570. The van der Waals surface area contributed by atoms with E-state index in [9.17, 15) is 4.79 Å². The third-order valence-corrected chi connectivity index (χ3v) is 3.03. The Morgan fingerprint density at radius 3 is 2.22 bits per heavy atom. The lowest BCUT2D eigenvalue weighted by Gasteiger charge is -2.15. The van der Waals surface area contributed by atoms with Crippen molar-refractivity contribution in [3.63, 3.8) is 0 Å². The Labute approximate surface area is 104 Å². The molecule has 1 aromatic heterocycles. The van der Waals surface area contributed by atoms with Crippen LogP contribution in [0.25, 0.3) is 0 Å². The molecule has 0 saturated carbocycles. The summed E-state index contributed by atoms with van der Waals surface area (Å²) in [6.45, 7) is 1.58. The molecule has 1 aromatic carbocycles. The molecule has 0 unspecified atom stereocenters. The summed E-state index contributed by atoms with van der Waals surface area (Å²) in [4.78, 5) is 12.8. The molecule has 0 atom stereocenters. The lowest BCUT2D eigenvalue weighted by molar-refractivity contribution is 0.0689. The lowest BCUT2D eigenvalue weighted by atomic mass is 10.1. The van der Waals surface area contributed by atoms with Crippen LogP contribution in [0.3, 0.4) is 0 Å². The molecule has 0 spiro atoms. The van der Waals surface area contributed by atoms with Gasteiger partial charge in [-0.2, -0.15) is 0 Å². The number of carbonyl (C=O) groups is 1. The van der Waals surface area contributed by atoms with E-state index in [-0.39, 0.29) is 5.69 Å². The lowest BCUT2D eigenvalue weighted by Crippen LogP contribution is -2.17. The van der Waals surface area contributed by atoms with Gasteiger partial charge in [-0.25, -0.2) is 4.79 Å². The first-order valence-corrected chi connectivity index (χ1v) is 5.63. The fourth-order valence-corrected chi connectivity index (χ4v) is 2.10. The van der Waals surface area contributed by atoms with Crippen molar-refractivity contribution in [1.29, 1.82) is 0 Å². The van der Waals surface area contributed by atoms with Gasteiger partial charge in [0.1, 0.15) is 0 Å². The van der Waals surface area contributed by atoms with Gasteiger partial charge < -0.3 is 10.0 Å². The number of anilines is 1. The summed E-state index contributed by atoms with van der Waals surface area (Å²) < 4.78 is 0. The third kappa shape index (κ3) is 1.79. The maximum Gasteiger partial charge on any atom is 0.356 e. The van der Waals surface area contributed by atoms with Crippen LogP contribution in [0.1, 0.15) is 21.6 Å². The van der Waals surface area contributed by atoms with Gasteiger partial charge in [0.2, 0.25) is 0 Å². The summed E-state index contributed by atoms with van der Waals surface area (Å²) in [7, 11) is 0.